The van der Waals surface area contributed by atoms with Gasteiger partial charge in [0, 0.05) is 12.6 Å². The minimum atomic E-state index is -0.114. The van der Waals surface area contributed by atoms with Gasteiger partial charge in [-0.3, -0.25) is 4.79 Å². The zero-order valence-corrected chi connectivity index (χ0v) is 14.4. The van der Waals surface area contributed by atoms with Crippen LogP contribution in [0.3, 0.4) is 0 Å². The van der Waals surface area contributed by atoms with Crippen molar-refractivity contribution >= 4 is 5.91 Å². The van der Waals surface area contributed by atoms with Crippen molar-refractivity contribution in [3.63, 3.8) is 0 Å². The molecule has 1 N–H and O–H groups in total. The van der Waals surface area contributed by atoms with E-state index in [9.17, 15) is 4.79 Å². The first-order valence-corrected chi connectivity index (χ1v) is 7.76. The molecule has 0 bridgehead atoms. The van der Waals surface area contributed by atoms with Crippen molar-refractivity contribution < 1.29 is 9.53 Å². The number of hydrogen-bond donors (Lipinski definition) is 1. The quantitative estimate of drug-likeness (QED) is 0.846. The first kappa shape index (κ1) is 19.7. The van der Waals surface area contributed by atoms with E-state index in [1.165, 1.54) is 0 Å². The van der Waals surface area contributed by atoms with Crippen molar-refractivity contribution in [1.29, 1.82) is 0 Å². The Balaban J connectivity index is 0.00000102. The number of carbonyl (C=O) groups excluding carboxylic acids is 1. The van der Waals surface area contributed by atoms with E-state index in [2.05, 4.69) is 5.32 Å². The van der Waals surface area contributed by atoms with Crippen LogP contribution in [-0.2, 0) is 0 Å². The summed E-state index contributed by atoms with van der Waals surface area (Å²) in [6, 6.07) is 15.0. The predicted molar refractivity (Wildman–Crippen MR) is 93.8 cm³/mol. The molecule has 0 aromatic heterocycles. The zero-order valence-electron chi connectivity index (χ0n) is 14.4. The van der Waals surface area contributed by atoms with Crippen LogP contribution in [0.25, 0.3) is 0 Å². The van der Waals surface area contributed by atoms with Gasteiger partial charge in [-0.15, -0.1) is 0 Å². The number of benzene rings is 2. The molecule has 0 radical (unpaired) electrons. The average Bonchev–Trinajstić information content (AvgIpc) is 2.58. The van der Waals surface area contributed by atoms with Crippen molar-refractivity contribution in [3.8, 4) is 11.5 Å². The van der Waals surface area contributed by atoms with E-state index >= 15 is 0 Å². The topological polar surface area (TPSA) is 38.3 Å². The minimum absolute atomic E-state index is 0.114. The molecule has 2 aromatic carbocycles. The lowest BCUT2D eigenvalue weighted by Crippen LogP contribution is -2.17. The second-order valence-corrected chi connectivity index (χ2v) is 4.03. The molecular formula is C19H27NO2. The van der Waals surface area contributed by atoms with Crippen LogP contribution in [0.2, 0.25) is 0 Å². The number of para-hydroxylation sites is 1. The van der Waals surface area contributed by atoms with Gasteiger partial charge in [0.15, 0.2) is 0 Å². The molecule has 0 unspecified atom stereocenters. The summed E-state index contributed by atoms with van der Waals surface area (Å²) in [5.41, 5.74) is 1.59. The van der Waals surface area contributed by atoms with Gasteiger partial charge in [0.1, 0.15) is 11.5 Å². The molecule has 3 heteroatoms. The van der Waals surface area contributed by atoms with Crippen LogP contribution in [0.1, 0.15) is 43.6 Å². The molecule has 2 rings (SSSR count). The maximum atomic E-state index is 11.6. The number of carbonyl (C=O) groups is 1. The normalized spacial score (nSPS) is 8.64. The number of nitrogens with one attached hydrogen (secondary N) is 1. The second kappa shape index (κ2) is 11.4. The molecule has 1 amide bonds. The van der Waals surface area contributed by atoms with E-state index in [1.807, 2.05) is 77.1 Å². The Kier molecular flexibility index (Phi) is 10.2. The third-order valence-corrected chi connectivity index (χ3v) is 2.52. The summed E-state index contributed by atoms with van der Waals surface area (Å²) in [6.45, 7) is 9.93. The molecule has 0 spiro atoms. The summed E-state index contributed by atoms with van der Waals surface area (Å²) in [7, 11) is 1.61. The van der Waals surface area contributed by atoms with Gasteiger partial charge in [-0.1, -0.05) is 45.9 Å². The van der Waals surface area contributed by atoms with Crippen molar-refractivity contribution in [2.45, 2.75) is 34.6 Å². The smallest absolute Gasteiger partial charge is 0.251 e. The first-order chi connectivity index (χ1) is 10.7. The third-order valence-electron chi connectivity index (χ3n) is 2.52. The number of ether oxygens (including phenoxy) is 1. The standard InChI is InChI=1S/C15H15NO2.2C2H6/c1-11-8-12(15(17)16-2)10-14(9-11)18-13-6-4-3-5-7-13;2*1-2/h3-10H,1-2H3,(H,16,17);2*1-2H3. The molecule has 3 nitrogen and oxygen atoms in total. The molecule has 0 aliphatic carbocycles. The van der Waals surface area contributed by atoms with Gasteiger partial charge < -0.3 is 10.1 Å². The maximum Gasteiger partial charge on any atom is 0.251 e. The summed E-state index contributed by atoms with van der Waals surface area (Å²) in [4.78, 5) is 11.6. The highest BCUT2D eigenvalue weighted by Gasteiger charge is 2.06. The van der Waals surface area contributed by atoms with E-state index in [0.29, 0.717) is 11.3 Å². The third kappa shape index (κ3) is 6.44. The molecule has 2 aromatic rings. The number of rotatable bonds is 3. The molecule has 0 atom stereocenters. The van der Waals surface area contributed by atoms with Gasteiger partial charge >= 0.3 is 0 Å². The lowest BCUT2D eigenvalue weighted by atomic mass is 10.1. The Morgan fingerprint density at radius 1 is 0.909 bits per heavy atom. The summed E-state index contributed by atoms with van der Waals surface area (Å²) in [6.07, 6.45) is 0. The van der Waals surface area contributed by atoms with Crippen LogP contribution in [0.5, 0.6) is 11.5 Å². The fraction of sp³-hybridized carbons (Fsp3) is 0.316. The lowest BCUT2D eigenvalue weighted by Gasteiger charge is -2.08. The Morgan fingerprint density at radius 2 is 1.50 bits per heavy atom. The largest absolute Gasteiger partial charge is 0.457 e. The van der Waals surface area contributed by atoms with E-state index < -0.39 is 0 Å². The average molecular weight is 301 g/mol. The summed E-state index contributed by atoms with van der Waals surface area (Å²) >= 11 is 0. The van der Waals surface area contributed by atoms with Crippen molar-refractivity contribution in [2.75, 3.05) is 7.05 Å². The Hall–Kier alpha value is -2.29. The van der Waals surface area contributed by atoms with Crippen molar-refractivity contribution in [3.05, 3.63) is 59.7 Å². The fourth-order valence-electron chi connectivity index (χ4n) is 1.71. The highest BCUT2D eigenvalue weighted by molar-refractivity contribution is 5.94. The highest BCUT2D eigenvalue weighted by atomic mass is 16.5. The molecular weight excluding hydrogens is 274 g/mol. The van der Waals surface area contributed by atoms with Crippen LogP contribution in [0.15, 0.2) is 48.5 Å². The van der Waals surface area contributed by atoms with E-state index in [-0.39, 0.29) is 5.91 Å². The summed E-state index contributed by atoms with van der Waals surface area (Å²) in [5, 5.41) is 2.61. The van der Waals surface area contributed by atoms with Gasteiger partial charge in [0.2, 0.25) is 0 Å². The number of aryl methyl sites for hydroxylation is 1. The Morgan fingerprint density at radius 3 is 2.05 bits per heavy atom. The molecule has 0 saturated carbocycles. The lowest BCUT2D eigenvalue weighted by molar-refractivity contribution is 0.0962. The molecule has 0 fully saturated rings. The molecule has 22 heavy (non-hydrogen) atoms. The zero-order chi connectivity index (χ0) is 17.0. The van der Waals surface area contributed by atoms with Crippen LogP contribution in [-0.4, -0.2) is 13.0 Å². The van der Waals surface area contributed by atoms with Crippen LogP contribution in [0.4, 0.5) is 0 Å². The van der Waals surface area contributed by atoms with E-state index in [0.717, 1.165) is 11.3 Å². The molecule has 0 saturated heterocycles. The number of amides is 1. The summed E-state index contributed by atoms with van der Waals surface area (Å²) < 4.78 is 5.71. The highest BCUT2D eigenvalue weighted by Crippen LogP contribution is 2.23. The molecule has 0 heterocycles. The van der Waals surface area contributed by atoms with Crippen LogP contribution >= 0.6 is 0 Å². The van der Waals surface area contributed by atoms with E-state index in [1.54, 1.807) is 13.1 Å². The Bertz CT molecular complexity index is 551. The van der Waals surface area contributed by atoms with Gasteiger partial charge in [0.25, 0.3) is 5.91 Å². The fourth-order valence-corrected chi connectivity index (χ4v) is 1.71. The van der Waals surface area contributed by atoms with Crippen molar-refractivity contribution in [1.82, 2.24) is 5.32 Å². The molecule has 0 aliphatic heterocycles. The van der Waals surface area contributed by atoms with Gasteiger partial charge in [-0.2, -0.15) is 0 Å². The number of hydrogen-bond acceptors (Lipinski definition) is 2. The summed E-state index contributed by atoms with van der Waals surface area (Å²) in [5.74, 6) is 1.31. The van der Waals surface area contributed by atoms with Crippen LogP contribution in [0, 0.1) is 6.92 Å². The molecule has 120 valence electrons. The van der Waals surface area contributed by atoms with Crippen LogP contribution < -0.4 is 10.1 Å². The Labute approximate surface area is 134 Å². The minimum Gasteiger partial charge on any atom is -0.457 e. The SMILES string of the molecule is CC.CC.CNC(=O)c1cc(C)cc(Oc2ccccc2)c1. The monoisotopic (exact) mass is 301 g/mol. The van der Waals surface area contributed by atoms with Gasteiger partial charge in [0.05, 0.1) is 0 Å². The maximum absolute atomic E-state index is 11.6. The van der Waals surface area contributed by atoms with Crippen molar-refractivity contribution in [2.24, 2.45) is 0 Å². The van der Waals surface area contributed by atoms with E-state index in [4.69, 9.17) is 4.74 Å². The second-order valence-electron chi connectivity index (χ2n) is 4.03. The molecule has 0 aliphatic rings. The van der Waals surface area contributed by atoms with Gasteiger partial charge in [-0.05, 0) is 42.8 Å². The first-order valence-electron chi connectivity index (χ1n) is 7.76. The predicted octanol–water partition coefficient (Wildman–Crippen LogP) is 5.20. The van der Waals surface area contributed by atoms with Gasteiger partial charge in [-0.25, -0.2) is 0 Å².